The molecule has 0 aromatic heterocycles. The highest BCUT2D eigenvalue weighted by Crippen LogP contribution is 2.16. The number of carbonyl (C=O) groups excluding carboxylic acids is 1. The molecule has 2 aromatic carbocycles. The van der Waals surface area contributed by atoms with E-state index in [0.29, 0.717) is 25.4 Å². The molecule has 0 heterocycles. The number of nitro benzene ring substituents is 1. The maximum Gasteiger partial charge on any atom is 0.407 e. The third kappa shape index (κ3) is 9.89. The van der Waals surface area contributed by atoms with E-state index in [2.05, 4.69) is 24.1 Å². The first-order valence-corrected chi connectivity index (χ1v) is 11.6. The van der Waals surface area contributed by atoms with Crippen molar-refractivity contribution in [1.29, 1.82) is 0 Å². The van der Waals surface area contributed by atoms with Gasteiger partial charge >= 0.3 is 6.09 Å². The molecular weight excluding hydrogens is 434 g/mol. The van der Waals surface area contributed by atoms with Crippen LogP contribution in [-0.4, -0.2) is 51.9 Å². The average Bonchev–Trinajstić information content (AvgIpc) is 2.72. The number of nitrogens with one attached hydrogen (secondary N) is 1. The van der Waals surface area contributed by atoms with Gasteiger partial charge in [-0.2, -0.15) is 0 Å². The molecule has 0 aliphatic rings. The molecule has 8 nitrogen and oxygen atoms in total. The van der Waals surface area contributed by atoms with Crippen molar-refractivity contribution >= 4 is 11.8 Å². The summed E-state index contributed by atoms with van der Waals surface area (Å²) in [6, 6.07) is 15.6. The van der Waals surface area contributed by atoms with E-state index in [4.69, 9.17) is 4.74 Å². The molecule has 2 N–H and O–H groups in total. The Morgan fingerprint density at radius 2 is 1.68 bits per heavy atom. The molecule has 0 saturated heterocycles. The van der Waals surface area contributed by atoms with Crippen LogP contribution >= 0.6 is 0 Å². The molecule has 8 heteroatoms. The summed E-state index contributed by atoms with van der Waals surface area (Å²) in [6.07, 6.45) is -0.975. The molecule has 0 saturated carbocycles. The first kappa shape index (κ1) is 27.3. The van der Waals surface area contributed by atoms with Crippen molar-refractivity contribution in [3.8, 4) is 0 Å². The smallest absolute Gasteiger partial charge is 0.407 e. The maximum absolute atomic E-state index is 12.5. The van der Waals surface area contributed by atoms with Crippen LogP contribution in [0.25, 0.3) is 0 Å². The van der Waals surface area contributed by atoms with E-state index in [-0.39, 0.29) is 5.69 Å². The van der Waals surface area contributed by atoms with E-state index in [0.717, 1.165) is 17.7 Å². The number of carbonyl (C=O) groups is 1. The normalized spacial score (nSPS) is 13.5. The number of aliphatic hydroxyl groups is 1. The van der Waals surface area contributed by atoms with E-state index in [1.165, 1.54) is 12.1 Å². The summed E-state index contributed by atoms with van der Waals surface area (Å²) in [4.78, 5) is 25.1. The van der Waals surface area contributed by atoms with Gasteiger partial charge in [-0.05, 0) is 44.2 Å². The monoisotopic (exact) mass is 471 g/mol. The van der Waals surface area contributed by atoms with Crippen LogP contribution in [0.3, 0.4) is 0 Å². The Hall–Kier alpha value is -2.97. The third-order valence-electron chi connectivity index (χ3n) is 5.09. The van der Waals surface area contributed by atoms with Crippen LogP contribution in [0.4, 0.5) is 10.5 Å². The molecule has 0 aliphatic carbocycles. The minimum absolute atomic E-state index is 0.0451. The second-order valence-corrected chi connectivity index (χ2v) is 10.0. The van der Waals surface area contributed by atoms with Crippen LogP contribution in [0.5, 0.6) is 0 Å². The molecule has 2 atom stereocenters. The Balaban J connectivity index is 2.16. The first-order chi connectivity index (χ1) is 15.9. The second kappa shape index (κ2) is 12.5. The van der Waals surface area contributed by atoms with Crippen LogP contribution < -0.4 is 5.32 Å². The standard InChI is InChI=1S/C26H37N3O5/c1-19(2)16-28(17-21-11-13-22(14-12-21)29(32)33)18-24(30)23(15-20-9-7-6-8-10-20)27-25(31)34-26(3,4)5/h6-14,19,23-24,30H,15-18H2,1-5H3,(H,27,31)/t23?,24-/m1/s1. The fourth-order valence-electron chi connectivity index (χ4n) is 3.70. The highest BCUT2D eigenvalue weighted by atomic mass is 16.6. The summed E-state index contributed by atoms with van der Waals surface area (Å²) in [5.74, 6) is 0.344. The zero-order valence-corrected chi connectivity index (χ0v) is 20.7. The van der Waals surface area contributed by atoms with Crippen LogP contribution in [0, 0.1) is 16.0 Å². The molecule has 0 aliphatic heterocycles. The van der Waals surface area contributed by atoms with Crippen molar-refractivity contribution in [2.24, 2.45) is 5.92 Å². The van der Waals surface area contributed by atoms with Crippen LogP contribution in [0.1, 0.15) is 45.7 Å². The summed E-state index contributed by atoms with van der Waals surface area (Å²) < 4.78 is 5.42. The molecule has 0 radical (unpaired) electrons. The molecule has 1 amide bonds. The Morgan fingerprint density at radius 1 is 1.06 bits per heavy atom. The maximum atomic E-state index is 12.5. The second-order valence-electron chi connectivity index (χ2n) is 10.0. The molecule has 2 rings (SSSR count). The van der Waals surface area contributed by atoms with Gasteiger partial charge < -0.3 is 15.2 Å². The highest BCUT2D eigenvalue weighted by molar-refractivity contribution is 5.68. The zero-order chi connectivity index (χ0) is 25.3. The summed E-state index contributed by atoms with van der Waals surface area (Å²) in [5.41, 5.74) is 1.31. The van der Waals surface area contributed by atoms with E-state index >= 15 is 0 Å². The van der Waals surface area contributed by atoms with Gasteiger partial charge in [0, 0.05) is 31.8 Å². The van der Waals surface area contributed by atoms with Crippen LogP contribution in [0.2, 0.25) is 0 Å². The van der Waals surface area contributed by atoms with Gasteiger partial charge in [0.25, 0.3) is 5.69 Å². The van der Waals surface area contributed by atoms with Gasteiger partial charge in [-0.15, -0.1) is 0 Å². The zero-order valence-electron chi connectivity index (χ0n) is 20.7. The lowest BCUT2D eigenvalue weighted by Gasteiger charge is -2.32. The van der Waals surface area contributed by atoms with E-state index in [1.807, 2.05) is 30.3 Å². The molecule has 1 unspecified atom stereocenters. The number of hydrogen-bond acceptors (Lipinski definition) is 6. The summed E-state index contributed by atoms with van der Waals surface area (Å²) >= 11 is 0. The molecular formula is C26H37N3O5. The van der Waals surface area contributed by atoms with Gasteiger partial charge in [0.2, 0.25) is 0 Å². The molecule has 0 bridgehead atoms. The third-order valence-corrected chi connectivity index (χ3v) is 5.09. The fraction of sp³-hybridized carbons (Fsp3) is 0.500. The van der Waals surface area contributed by atoms with Gasteiger partial charge in [-0.1, -0.05) is 56.3 Å². The van der Waals surface area contributed by atoms with Crippen molar-refractivity contribution in [1.82, 2.24) is 10.2 Å². The molecule has 34 heavy (non-hydrogen) atoms. The minimum Gasteiger partial charge on any atom is -0.444 e. The molecule has 2 aromatic rings. The minimum atomic E-state index is -0.857. The number of ether oxygens (including phenoxy) is 1. The van der Waals surface area contributed by atoms with Crippen molar-refractivity contribution in [3.05, 3.63) is 75.8 Å². The van der Waals surface area contributed by atoms with Crippen molar-refractivity contribution < 1.29 is 19.6 Å². The Kier molecular flexibility index (Phi) is 10.0. The van der Waals surface area contributed by atoms with Gasteiger partial charge in [0.05, 0.1) is 17.1 Å². The van der Waals surface area contributed by atoms with Crippen LogP contribution in [-0.2, 0) is 17.7 Å². The number of aliphatic hydroxyl groups excluding tert-OH is 1. The number of benzene rings is 2. The number of rotatable bonds is 11. The molecule has 0 spiro atoms. The Labute approximate surface area is 202 Å². The Morgan fingerprint density at radius 3 is 2.21 bits per heavy atom. The first-order valence-electron chi connectivity index (χ1n) is 11.6. The predicted molar refractivity (Wildman–Crippen MR) is 133 cm³/mol. The number of nitrogens with zero attached hydrogens (tertiary/aromatic N) is 2. The van der Waals surface area contributed by atoms with E-state index in [1.54, 1.807) is 32.9 Å². The van der Waals surface area contributed by atoms with Crippen molar-refractivity contribution in [3.63, 3.8) is 0 Å². The summed E-state index contributed by atoms with van der Waals surface area (Å²) in [6.45, 7) is 11.1. The number of alkyl carbamates (subject to hydrolysis) is 1. The van der Waals surface area contributed by atoms with Gasteiger partial charge in [0.1, 0.15) is 5.60 Å². The Bertz CT molecular complexity index is 910. The lowest BCUT2D eigenvalue weighted by atomic mass is 10.00. The summed E-state index contributed by atoms with van der Waals surface area (Å²) in [7, 11) is 0. The summed E-state index contributed by atoms with van der Waals surface area (Å²) in [5, 5.41) is 25.0. The lowest BCUT2D eigenvalue weighted by molar-refractivity contribution is -0.384. The quantitative estimate of drug-likeness (QED) is 0.368. The van der Waals surface area contributed by atoms with Gasteiger partial charge in [0.15, 0.2) is 0 Å². The lowest BCUT2D eigenvalue weighted by Crippen LogP contribution is -2.50. The van der Waals surface area contributed by atoms with E-state index in [9.17, 15) is 20.0 Å². The number of nitro groups is 1. The number of amides is 1. The van der Waals surface area contributed by atoms with Crippen molar-refractivity contribution in [2.45, 2.75) is 65.3 Å². The molecule has 0 fully saturated rings. The fourth-order valence-corrected chi connectivity index (χ4v) is 3.70. The SMILES string of the molecule is CC(C)CN(Cc1ccc([N+](=O)[O-])cc1)C[C@@H](O)C(Cc1ccccc1)NC(=O)OC(C)(C)C. The number of non-ortho nitro benzene ring substituents is 1. The van der Waals surface area contributed by atoms with Gasteiger partial charge in [-0.25, -0.2) is 4.79 Å². The predicted octanol–water partition coefficient (Wildman–Crippen LogP) is 4.55. The topological polar surface area (TPSA) is 105 Å². The largest absolute Gasteiger partial charge is 0.444 e. The number of hydrogen-bond donors (Lipinski definition) is 2. The molecule has 186 valence electrons. The van der Waals surface area contributed by atoms with Crippen LogP contribution in [0.15, 0.2) is 54.6 Å². The van der Waals surface area contributed by atoms with Gasteiger partial charge in [-0.3, -0.25) is 15.0 Å². The van der Waals surface area contributed by atoms with Crippen molar-refractivity contribution in [2.75, 3.05) is 13.1 Å². The van der Waals surface area contributed by atoms with E-state index < -0.39 is 28.8 Å². The highest BCUT2D eigenvalue weighted by Gasteiger charge is 2.27. The average molecular weight is 472 g/mol.